The minimum Gasteiger partial charge on any atom is -0.478 e. The number of hydrogen-bond donors (Lipinski definition) is 2. The Morgan fingerprint density at radius 2 is 1.50 bits per heavy atom. The number of carboxylic acid groups (broad SMARTS) is 1. The van der Waals surface area contributed by atoms with Crippen LogP contribution < -0.4 is 10.3 Å². The summed E-state index contributed by atoms with van der Waals surface area (Å²) in [5.74, 6) is -2.79. The number of amides is 3. The van der Waals surface area contributed by atoms with E-state index < -0.39 is 23.7 Å². The van der Waals surface area contributed by atoms with Crippen LogP contribution in [0.4, 0.5) is 5.69 Å². The van der Waals surface area contributed by atoms with Gasteiger partial charge in [0.1, 0.15) is 0 Å². The maximum absolute atomic E-state index is 12.8. The fourth-order valence-electron chi connectivity index (χ4n) is 3.41. The van der Waals surface area contributed by atoms with Gasteiger partial charge in [0.2, 0.25) is 0 Å². The molecule has 3 amide bonds. The first-order valence-corrected chi connectivity index (χ1v) is 9.10. The van der Waals surface area contributed by atoms with Gasteiger partial charge in [0.25, 0.3) is 17.7 Å². The van der Waals surface area contributed by atoms with Crippen molar-refractivity contribution in [1.82, 2.24) is 4.68 Å². The van der Waals surface area contributed by atoms with Crippen molar-refractivity contribution in [2.75, 3.05) is 10.3 Å². The van der Waals surface area contributed by atoms with Crippen LogP contribution in [0.5, 0.6) is 0 Å². The van der Waals surface area contributed by atoms with Crippen LogP contribution >= 0.6 is 0 Å². The SMILES string of the molecule is Cc1ccc(C)n1NC(=O)c1cccc(N2C(=O)c3ccc(C(=O)O)cc3C2=O)c1. The summed E-state index contributed by atoms with van der Waals surface area (Å²) in [5, 5.41) is 9.14. The number of imide groups is 1. The van der Waals surface area contributed by atoms with Crippen molar-refractivity contribution in [3.05, 3.63) is 88.2 Å². The lowest BCUT2D eigenvalue weighted by Gasteiger charge is -2.16. The molecule has 1 aliphatic rings. The number of carboxylic acids is 1. The van der Waals surface area contributed by atoms with E-state index in [4.69, 9.17) is 5.11 Å². The van der Waals surface area contributed by atoms with Gasteiger partial charge in [-0.25, -0.2) is 9.69 Å². The second-order valence-electron chi connectivity index (χ2n) is 6.95. The second-order valence-corrected chi connectivity index (χ2v) is 6.95. The number of aromatic nitrogens is 1. The van der Waals surface area contributed by atoms with Crippen LogP contribution in [0.1, 0.15) is 52.8 Å². The highest BCUT2D eigenvalue weighted by molar-refractivity contribution is 6.34. The molecule has 0 saturated carbocycles. The van der Waals surface area contributed by atoms with Crippen molar-refractivity contribution < 1.29 is 24.3 Å². The van der Waals surface area contributed by atoms with Crippen molar-refractivity contribution in [2.24, 2.45) is 0 Å². The number of benzene rings is 2. The number of aryl methyl sites for hydroxylation is 2. The topological polar surface area (TPSA) is 109 Å². The summed E-state index contributed by atoms with van der Waals surface area (Å²) in [6.07, 6.45) is 0. The highest BCUT2D eigenvalue weighted by Gasteiger charge is 2.37. The average molecular weight is 403 g/mol. The van der Waals surface area contributed by atoms with Gasteiger partial charge in [0.15, 0.2) is 0 Å². The van der Waals surface area contributed by atoms with E-state index in [0.717, 1.165) is 16.3 Å². The molecule has 8 nitrogen and oxygen atoms in total. The van der Waals surface area contributed by atoms with Gasteiger partial charge >= 0.3 is 5.97 Å². The Hall–Kier alpha value is -4.20. The summed E-state index contributed by atoms with van der Waals surface area (Å²) in [5.41, 5.74) is 5.04. The number of carbonyl (C=O) groups is 4. The Labute approximate surface area is 171 Å². The van der Waals surface area contributed by atoms with Crippen molar-refractivity contribution in [3.8, 4) is 0 Å². The Kier molecular flexibility index (Phi) is 4.46. The fourth-order valence-corrected chi connectivity index (χ4v) is 3.41. The molecule has 150 valence electrons. The quantitative estimate of drug-likeness (QED) is 0.651. The molecule has 2 aromatic carbocycles. The minimum absolute atomic E-state index is 0.0216. The number of nitrogens with zero attached hydrogens (tertiary/aromatic N) is 2. The van der Waals surface area contributed by atoms with E-state index in [9.17, 15) is 19.2 Å². The molecular formula is C22H17N3O5. The largest absolute Gasteiger partial charge is 0.478 e. The molecular weight excluding hydrogens is 386 g/mol. The first-order valence-electron chi connectivity index (χ1n) is 9.10. The molecule has 4 rings (SSSR count). The van der Waals surface area contributed by atoms with E-state index in [2.05, 4.69) is 5.43 Å². The summed E-state index contributed by atoms with van der Waals surface area (Å²) in [6.45, 7) is 3.71. The molecule has 0 saturated heterocycles. The molecule has 0 fully saturated rings. The van der Waals surface area contributed by atoms with Crippen LogP contribution in [0, 0.1) is 13.8 Å². The van der Waals surface area contributed by atoms with Crippen LogP contribution in [0.15, 0.2) is 54.6 Å². The molecule has 1 aliphatic heterocycles. The molecule has 2 N–H and O–H groups in total. The number of anilines is 1. The van der Waals surface area contributed by atoms with E-state index in [-0.39, 0.29) is 27.9 Å². The van der Waals surface area contributed by atoms with Crippen LogP contribution in [-0.2, 0) is 0 Å². The lowest BCUT2D eigenvalue weighted by molar-refractivity contribution is 0.0696. The number of aromatic carboxylic acids is 1. The lowest BCUT2D eigenvalue weighted by atomic mass is 10.1. The summed E-state index contributed by atoms with van der Waals surface area (Å²) in [7, 11) is 0. The summed E-state index contributed by atoms with van der Waals surface area (Å²) in [4.78, 5) is 50.4. The Morgan fingerprint density at radius 3 is 2.17 bits per heavy atom. The van der Waals surface area contributed by atoms with Crippen LogP contribution in [0.25, 0.3) is 0 Å². The highest BCUT2D eigenvalue weighted by atomic mass is 16.4. The number of fused-ring (bicyclic) bond motifs is 1. The monoisotopic (exact) mass is 403 g/mol. The third kappa shape index (κ3) is 3.04. The smallest absolute Gasteiger partial charge is 0.335 e. The molecule has 30 heavy (non-hydrogen) atoms. The zero-order valence-electron chi connectivity index (χ0n) is 16.2. The fraction of sp³-hybridized carbons (Fsp3) is 0.0909. The number of rotatable bonds is 4. The van der Waals surface area contributed by atoms with Gasteiger partial charge < -0.3 is 5.11 Å². The van der Waals surface area contributed by atoms with Gasteiger partial charge in [-0.3, -0.25) is 24.5 Å². The Balaban J connectivity index is 1.65. The number of nitrogens with one attached hydrogen (secondary N) is 1. The summed E-state index contributed by atoms with van der Waals surface area (Å²) >= 11 is 0. The minimum atomic E-state index is -1.19. The van der Waals surface area contributed by atoms with Gasteiger partial charge in [-0.05, 0) is 62.4 Å². The van der Waals surface area contributed by atoms with E-state index in [1.165, 1.54) is 24.3 Å². The molecule has 0 spiro atoms. The van der Waals surface area contributed by atoms with E-state index in [0.29, 0.717) is 0 Å². The maximum Gasteiger partial charge on any atom is 0.335 e. The van der Waals surface area contributed by atoms with E-state index >= 15 is 0 Å². The van der Waals surface area contributed by atoms with Crippen LogP contribution in [-0.4, -0.2) is 33.5 Å². The zero-order chi connectivity index (χ0) is 21.6. The average Bonchev–Trinajstić information content (AvgIpc) is 3.18. The summed E-state index contributed by atoms with van der Waals surface area (Å²) < 4.78 is 1.64. The van der Waals surface area contributed by atoms with Gasteiger partial charge in [-0.2, -0.15) is 0 Å². The molecule has 0 bridgehead atoms. The summed E-state index contributed by atoms with van der Waals surface area (Å²) in [6, 6.07) is 13.7. The van der Waals surface area contributed by atoms with Gasteiger partial charge in [-0.15, -0.1) is 0 Å². The third-order valence-corrected chi connectivity index (χ3v) is 4.98. The molecule has 2 heterocycles. The van der Waals surface area contributed by atoms with E-state index in [1.807, 2.05) is 26.0 Å². The third-order valence-electron chi connectivity index (χ3n) is 4.98. The molecule has 0 atom stereocenters. The van der Waals surface area contributed by atoms with Crippen molar-refractivity contribution in [2.45, 2.75) is 13.8 Å². The first-order chi connectivity index (χ1) is 14.3. The molecule has 3 aromatic rings. The number of carbonyl (C=O) groups excluding carboxylic acids is 3. The molecule has 0 unspecified atom stereocenters. The Bertz CT molecular complexity index is 1220. The van der Waals surface area contributed by atoms with Gasteiger partial charge in [-0.1, -0.05) is 6.07 Å². The van der Waals surface area contributed by atoms with Crippen LogP contribution in [0.3, 0.4) is 0 Å². The van der Waals surface area contributed by atoms with Crippen LogP contribution in [0.2, 0.25) is 0 Å². The Morgan fingerprint density at radius 1 is 0.833 bits per heavy atom. The van der Waals surface area contributed by atoms with Crippen molar-refractivity contribution in [1.29, 1.82) is 0 Å². The second kappa shape index (κ2) is 7.00. The maximum atomic E-state index is 12.8. The highest BCUT2D eigenvalue weighted by Crippen LogP contribution is 2.29. The lowest BCUT2D eigenvalue weighted by Crippen LogP contribution is -2.30. The number of hydrogen-bond acceptors (Lipinski definition) is 4. The van der Waals surface area contributed by atoms with E-state index in [1.54, 1.807) is 22.9 Å². The predicted molar refractivity (Wildman–Crippen MR) is 109 cm³/mol. The van der Waals surface area contributed by atoms with Crippen molar-refractivity contribution >= 4 is 29.4 Å². The van der Waals surface area contributed by atoms with Crippen molar-refractivity contribution in [3.63, 3.8) is 0 Å². The standard InChI is InChI=1S/C22H17N3O5/c1-12-6-7-13(2)25(12)23-19(26)14-4-3-5-16(10-14)24-20(27)17-9-8-15(22(29)30)11-18(17)21(24)28/h3-11H,1-2H3,(H,23,26)(H,29,30). The van der Waals surface area contributed by atoms with Gasteiger partial charge in [0, 0.05) is 17.0 Å². The molecule has 0 aliphatic carbocycles. The molecule has 0 radical (unpaired) electrons. The predicted octanol–water partition coefficient (Wildman–Crippen LogP) is 2.99. The van der Waals surface area contributed by atoms with Gasteiger partial charge in [0.05, 0.1) is 22.4 Å². The first kappa shape index (κ1) is 19.1. The molecule has 1 aromatic heterocycles. The zero-order valence-corrected chi connectivity index (χ0v) is 16.2. The normalized spacial score (nSPS) is 12.8. The molecule has 8 heteroatoms.